The van der Waals surface area contributed by atoms with E-state index in [4.69, 9.17) is 0 Å². The summed E-state index contributed by atoms with van der Waals surface area (Å²) in [6.45, 7) is 3.38. The molecule has 2 aromatic rings. The number of amides is 4. The maximum atomic E-state index is 13.2. The summed E-state index contributed by atoms with van der Waals surface area (Å²) in [5, 5.41) is 0. The van der Waals surface area contributed by atoms with Gasteiger partial charge in [0.15, 0.2) is 0 Å². The molecule has 0 saturated carbocycles. The van der Waals surface area contributed by atoms with Gasteiger partial charge in [-0.2, -0.15) is 0 Å². The summed E-state index contributed by atoms with van der Waals surface area (Å²) in [7, 11) is 0. The van der Waals surface area contributed by atoms with Crippen LogP contribution in [0.4, 0.5) is 4.79 Å². The van der Waals surface area contributed by atoms with Gasteiger partial charge in [-0.1, -0.05) is 30.3 Å². The predicted molar refractivity (Wildman–Crippen MR) is 101 cm³/mol. The number of nitrogens with one attached hydrogen (secondary N) is 1. The van der Waals surface area contributed by atoms with Gasteiger partial charge < -0.3 is 14.8 Å². The van der Waals surface area contributed by atoms with Gasteiger partial charge in [-0.25, -0.2) is 9.78 Å². The average Bonchev–Trinajstić information content (AvgIpc) is 3.32. The third-order valence-electron chi connectivity index (χ3n) is 5.73. The molecule has 4 rings (SSSR count). The molecule has 1 aromatic heterocycles. The fourth-order valence-electron chi connectivity index (χ4n) is 4.15. The van der Waals surface area contributed by atoms with Crippen molar-refractivity contribution < 1.29 is 14.4 Å². The number of urea groups is 1. The van der Waals surface area contributed by atoms with Crippen molar-refractivity contribution in [2.75, 3.05) is 19.6 Å². The minimum atomic E-state index is -0.881. The number of imidazole rings is 1. The number of aromatic nitrogens is 2. The maximum absolute atomic E-state index is 13.2. The minimum Gasteiger partial charge on any atom is -0.341 e. The van der Waals surface area contributed by atoms with Crippen molar-refractivity contribution in [2.45, 2.75) is 31.8 Å². The molecule has 8 nitrogen and oxygen atoms in total. The van der Waals surface area contributed by atoms with Crippen LogP contribution in [-0.2, 0) is 11.3 Å². The van der Waals surface area contributed by atoms with Gasteiger partial charge in [-0.15, -0.1) is 0 Å². The summed E-state index contributed by atoms with van der Waals surface area (Å²) in [5.41, 5.74) is 0.534. The second kappa shape index (κ2) is 7.10. The van der Waals surface area contributed by atoms with E-state index in [0.717, 1.165) is 5.56 Å². The zero-order valence-corrected chi connectivity index (χ0v) is 15.8. The standard InChI is InChI=1S/C20H23N5O3/c1-2-24-18(27)20(25(19(24)28)13-15-6-4-3-5-7-15)8-10-23(11-9-20)17(26)16-12-21-14-22-16/h3-7,12,14H,2,8-11,13H2,1H3,(H,21,22). The Morgan fingerprint density at radius 1 is 1.18 bits per heavy atom. The molecule has 28 heavy (non-hydrogen) atoms. The normalized spacial score (nSPS) is 19.0. The Bertz CT molecular complexity index is 873. The number of aromatic amines is 1. The molecule has 4 amide bonds. The smallest absolute Gasteiger partial charge is 0.327 e. The number of carbonyl (C=O) groups excluding carboxylic acids is 3. The zero-order valence-electron chi connectivity index (χ0n) is 15.8. The van der Waals surface area contributed by atoms with Crippen LogP contribution >= 0.6 is 0 Å². The molecular weight excluding hydrogens is 358 g/mol. The van der Waals surface area contributed by atoms with Crippen molar-refractivity contribution in [1.82, 2.24) is 24.7 Å². The number of imide groups is 1. The molecule has 0 atom stereocenters. The molecule has 1 aromatic carbocycles. The highest BCUT2D eigenvalue weighted by Gasteiger charge is 2.57. The van der Waals surface area contributed by atoms with Crippen LogP contribution in [0.15, 0.2) is 42.9 Å². The topological polar surface area (TPSA) is 89.6 Å². The zero-order chi connectivity index (χ0) is 19.7. The second-order valence-electron chi connectivity index (χ2n) is 7.19. The Hall–Kier alpha value is -3.16. The number of likely N-dealkylation sites (N-methyl/N-ethyl adjacent to an activating group) is 1. The fraction of sp³-hybridized carbons (Fsp3) is 0.400. The van der Waals surface area contributed by atoms with Gasteiger partial charge in [0, 0.05) is 26.2 Å². The van der Waals surface area contributed by atoms with Crippen LogP contribution in [0, 0.1) is 0 Å². The van der Waals surface area contributed by atoms with Crippen LogP contribution in [0.5, 0.6) is 0 Å². The van der Waals surface area contributed by atoms with Crippen molar-refractivity contribution in [3.63, 3.8) is 0 Å². The average molecular weight is 381 g/mol. The van der Waals surface area contributed by atoms with Crippen LogP contribution in [-0.4, -0.2) is 67.7 Å². The molecule has 0 radical (unpaired) electrons. The number of carbonyl (C=O) groups is 3. The summed E-state index contributed by atoms with van der Waals surface area (Å²) in [4.78, 5) is 50.2. The number of hydrogen-bond acceptors (Lipinski definition) is 4. The number of rotatable bonds is 4. The van der Waals surface area contributed by atoms with Gasteiger partial charge >= 0.3 is 6.03 Å². The van der Waals surface area contributed by atoms with E-state index in [2.05, 4.69) is 9.97 Å². The van der Waals surface area contributed by atoms with Gasteiger partial charge in [0.1, 0.15) is 11.2 Å². The van der Waals surface area contributed by atoms with Gasteiger partial charge in [-0.05, 0) is 25.3 Å². The van der Waals surface area contributed by atoms with Crippen molar-refractivity contribution in [1.29, 1.82) is 0 Å². The van der Waals surface area contributed by atoms with E-state index >= 15 is 0 Å². The molecule has 0 unspecified atom stereocenters. The third-order valence-corrected chi connectivity index (χ3v) is 5.73. The Morgan fingerprint density at radius 3 is 2.50 bits per heavy atom. The summed E-state index contributed by atoms with van der Waals surface area (Å²) >= 11 is 0. The van der Waals surface area contributed by atoms with E-state index in [-0.39, 0.29) is 17.8 Å². The van der Waals surface area contributed by atoms with E-state index in [1.165, 1.54) is 17.4 Å². The summed E-state index contributed by atoms with van der Waals surface area (Å²) in [6, 6.07) is 9.44. The van der Waals surface area contributed by atoms with Crippen molar-refractivity contribution >= 4 is 17.8 Å². The van der Waals surface area contributed by atoms with Crippen LogP contribution in [0.1, 0.15) is 35.8 Å². The van der Waals surface area contributed by atoms with Crippen LogP contribution in [0.2, 0.25) is 0 Å². The lowest BCUT2D eigenvalue weighted by molar-refractivity contribution is -0.135. The lowest BCUT2D eigenvalue weighted by atomic mass is 9.85. The first-order chi connectivity index (χ1) is 13.6. The number of benzene rings is 1. The largest absolute Gasteiger partial charge is 0.341 e. The van der Waals surface area contributed by atoms with Crippen LogP contribution < -0.4 is 0 Å². The first kappa shape index (κ1) is 18.2. The van der Waals surface area contributed by atoms with Crippen molar-refractivity contribution in [2.24, 2.45) is 0 Å². The number of likely N-dealkylation sites (tertiary alicyclic amines) is 1. The molecule has 2 aliphatic rings. The molecular formula is C20H23N5O3. The Kier molecular flexibility index (Phi) is 4.62. The highest BCUT2D eigenvalue weighted by Crippen LogP contribution is 2.38. The lowest BCUT2D eigenvalue weighted by Crippen LogP contribution is -2.57. The molecule has 3 heterocycles. The summed E-state index contributed by atoms with van der Waals surface area (Å²) in [6.07, 6.45) is 3.83. The third kappa shape index (κ3) is 2.85. The van der Waals surface area contributed by atoms with Gasteiger partial charge in [0.25, 0.3) is 11.8 Å². The highest BCUT2D eigenvalue weighted by atomic mass is 16.2. The van der Waals surface area contributed by atoms with E-state index in [1.807, 2.05) is 37.3 Å². The fourth-order valence-corrected chi connectivity index (χ4v) is 4.15. The number of hydrogen-bond donors (Lipinski definition) is 1. The molecule has 0 aliphatic carbocycles. The number of H-pyrrole nitrogens is 1. The molecule has 1 spiro atoms. The molecule has 146 valence electrons. The number of nitrogens with zero attached hydrogens (tertiary/aromatic N) is 4. The van der Waals surface area contributed by atoms with Gasteiger partial charge in [-0.3, -0.25) is 14.5 Å². The van der Waals surface area contributed by atoms with Crippen molar-refractivity contribution in [3.05, 3.63) is 54.1 Å². The van der Waals surface area contributed by atoms with E-state index in [0.29, 0.717) is 44.7 Å². The lowest BCUT2D eigenvalue weighted by Gasteiger charge is -2.42. The molecule has 8 heteroatoms. The van der Waals surface area contributed by atoms with Crippen LogP contribution in [0.25, 0.3) is 0 Å². The Balaban J connectivity index is 1.57. The number of piperidine rings is 1. The van der Waals surface area contributed by atoms with E-state index < -0.39 is 5.54 Å². The first-order valence-electron chi connectivity index (χ1n) is 9.52. The highest BCUT2D eigenvalue weighted by molar-refractivity contribution is 6.07. The molecule has 1 N–H and O–H groups in total. The Labute approximate surface area is 163 Å². The molecule has 2 fully saturated rings. The maximum Gasteiger partial charge on any atom is 0.327 e. The quantitative estimate of drug-likeness (QED) is 0.819. The first-order valence-corrected chi connectivity index (χ1v) is 9.52. The van der Waals surface area contributed by atoms with E-state index in [1.54, 1.807) is 9.80 Å². The molecule has 2 aliphatic heterocycles. The molecule has 2 saturated heterocycles. The minimum absolute atomic E-state index is 0.133. The summed E-state index contributed by atoms with van der Waals surface area (Å²) in [5.74, 6) is -0.282. The van der Waals surface area contributed by atoms with Crippen molar-refractivity contribution in [3.8, 4) is 0 Å². The summed E-state index contributed by atoms with van der Waals surface area (Å²) < 4.78 is 0. The van der Waals surface area contributed by atoms with Gasteiger partial charge in [0.2, 0.25) is 0 Å². The van der Waals surface area contributed by atoms with E-state index in [9.17, 15) is 14.4 Å². The SMILES string of the molecule is CCN1C(=O)N(Cc2ccccc2)C2(CCN(C(=O)c3cnc[nH]3)CC2)C1=O. The second-order valence-corrected chi connectivity index (χ2v) is 7.19. The monoisotopic (exact) mass is 381 g/mol. The van der Waals surface area contributed by atoms with Gasteiger partial charge in [0.05, 0.1) is 12.5 Å². The van der Waals surface area contributed by atoms with Crippen LogP contribution in [0.3, 0.4) is 0 Å². The Morgan fingerprint density at radius 2 is 1.89 bits per heavy atom. The predicted octanol–water partition coefficient (Wildman–Crippen LogP) is 1.87. The molecule has 0 bridgehead atoms.